The molecule has 6 heteroatoms. The van der Waals surface area contributed by atoms with Gasteiger partial charge < -0.3 is 19.4 Å². The number of amides is 2. The van der Waals surface area contributed by atoms with E-state index < -0.39 is 0 Å². The van der Waals surface area contributed by atoms with Gasteiger partial charge in [0.15, 0.2) is 0 Å². The molecule has 0 saturated carbocycles. The summed E-state index contributed by atoms with van der Waals surface area (Å²) >= 11 is 1.91. The highest BCUT2D eigenvalue weighted by Crippen LogP contribution is 2.23. The van der Waals surface area contributed by atoms with Crippen LogP contribution in [0, 0.1) is 5.92 Å². The lowest BCUT2D eigenvalue weighted by Crippen LogP contribution is -2.45. The van der Waals surface area contributed by atoms with Crippen LogP contribution in [0.2, 0.25) is 0 Å². The third-order valence-electron chi connectivity index (χ3n) is 3.66. The van der Waals surface area contributed by atoms with Crippen molar-refractivity contribution in [3.63, 3.8) is 0 Å². The number of piperidine rings is 1. The van der Waals surface area contributed by atoms with Crippen LogP contribution in [0.25, 0.3) is 0 Å². The number of furan rings is 1. The van der Waals surface area contributed by atoms with Crippen LogP contribution in [-0.2, 0) is 10.5 Å². The smallest absolute Gasteiger partial charge is 0.317 e. The maximum Gasteiger partial charge on any atom is 0.317 e. The molecule has 1 N–H and O–H groups in total. The van der Waals surface area contributed by atoms with Crippen LogP contribution in [0.15, 0.2) is 22.8 Å². The summed E-state index contributed by atoms with van der Waals surface area (Å²) in [6.45, 7) is 2.84. The van der Waals surface area contributed by atoms with Crippen molar-refractivity contribution in [3.05, 3.63) is 24.2 Å². The summed E-state index contributed by atoms with van der Waals surface area (Å²) < 4.78 is 10.3. The monoisotopic (exact) mass is 312 g/mol. The van der Waals surface area contributed by atoms with E-state index in [1.54, 1.807) is 13.4 Å². The average Bonchev–Trinajstić information content (AvgIpc) is 3.01. The number of thioether (sulfide) groups is 1. The Morgan fingerprint density at radius 1 is 1.52 bits per heavy atom. The fraction of sp³-hybridized carbons (Fsp3) is 0.667. The molecule has 2 amide bonds. The van der Waals surface area contributed by atoms with E-state index in [4.69, 9.17) is 9.15 Å². The molecule has 1 saturated heterocycles. The molecule has 1 aromatic rings. The summed E-state index contributed by atoms with van der Waals surface area (Å²) in [6, 6.07) is 3.98. The quantitative estimate of drug-likeness (QED) is 0.786. The number of rotatable bonds is 7. The first-order valence-corrected chi connectivity index (χ1v) is 8.57. The topological polar surface area (TPSA) is 54.7 Å². The number of hydrogen-bond acceptors (Lipinski definition) is 4. The van der Waals surface area contributed by atoms with E-state index in [1.165, 1.54) is 0 Å². The van der Waals surface area contributed by atoms with Crippen molar-refractivity contribution in [3.8, 4) is 0 Å². The fourth-order valence-corrected chi connectivity index (χ4v) is 3.55. The van der Waals surface area contributed by atoms with E-state index in [0.717, 1.165) is 43.2 Å². The zero-order valence-corrected chi connectivity index (χ0v) is 13.4. The Labute approximate surface area is 130 Å². The summed E-state index contributed by atoms with van der Waals surface area (Å²) in [7, 11) is 1.64. The second kappa shape index (κ2) is 9.00. The minimum atomic E-state index is 0.0359. The lowest BCUT2D eigenvalue weighted by atomic mass is 9.99. The van der Waals surface area contributed by atoms with Gasteiger partial charge in [-0.25, -0.2) is 4.79 Å². The largest absolute Gasteiger partial charge is 0.468 e. The molecule has 1 fully saturated rings. The number of nitrogens with zero attached hydrogens (tertiary/aromatic N) is 1. The van der Waals surface area contributed by atoms with Crippen molar-refractivity contribution in [2.45, 2.75) is 18.6 Å². The van der Waals surface area contributed by atoms with Gasteiger partial charge in [0, 0.05) is 26.7 Å². The highest BCUT2D eigenvalue weighted by atomic mass is 32.2. The second-order valence-corrected chi connectivity index (χ2v) is 6.28. The van der Waals surface area contributed by atoms with Gasteiger partial charge in [-0.15, -0.1) is 0 Å². The van der Waals surface area contributed by atoms with Crippen molar-refractivity contribution >= 4 is 17.8 Å². The number of carbonyl (C=O) groups excluding carboxylic acids is 1. The average molecular weight is 312 g/mol. The molecule has 0 aromatic carbocycles. The molecule has 0 unspecified atom stereocenters. The molecule has 118 valence electrons. The Bertz CT molecular complexity index is 403. The number of urea groups is 1. The minimum Gasteiger partial charge on any atom is -0.468 e. The first-order valence-electron chi connectivity index (χ1n) is 7.41. The third kappa shape index (κ3) is 5.63. The van der Waals surface area contributed by atoms with Gasteiger partial charge in [0.1, 0.15) is 5.76 Å². The van der Waals surface area contributed by atoms with Gasteiger partial charge in [0.05, 0.1) is 18.6 Å². The molecule has 0 spiro atoms. The van der Waals surface area contributed by atoms with Crippen LogP contribution < -0.4 is 5.32 Å². The minimum absolute atomic E-state index is 0.0359. The van der Waals surface area contributed by atoms with Gasteiger partial charge in [-0.1, -0.05) is 0 Å². The van der Waals surface area contributed by atoms with E-state index in [0.29, 0.717) is 19.1 Å². The molecule has 0 aliphatic carbocycles. The lowest BCUT2D eigenvalue weighted by molar-refractivity contribution is 0.164. The normalized spacial score (nSPS) is 16.1. The van der Waals surface area contributed by atoms with Crippen molar-refractivity contribution in [2.75, 3.05) is 39.1 Å². The van der Waals surface area contributed by atoms with Crippen molar-refractivity contribution in [1.29, 1.82) is 0 Å². The number of likely N-dealkylation sites (tertiary alicyclic amines) is 1. The van der Waals surface area contributed by atoms with Gasteiger partial charge in [-0.05, 0) is 36.6 Å². The van der Waals surface area contributed by atoms with E-state index >= 15 is 0 Å². The van der Waals surface area contributed by atoms with Gasteiger partial charge in [0.2, 0.25) is 0 Å². The second-order valence-electron chi connectivity index (χ2n) is 5.25. The molecule has 1 aliphatic rings. The van der Waals surface area contributed by atoms with Gasteiger partial charge >= 0.3 is 6.03 Å². The fourth-order valence-electron chi connectivity index (χ4n) is 2.40. The molecule has 0 radical (unpaired) electrons. The Kier molecular flexibility index (Phi) is 6.95. The van der Waals surface area contributed by atoms with Crippen LogP contribution >= 0.6 is 11.8 Å². The third-order valence-corrected chi connectivity index (χ3v) is 4.86. The molecule has 2 rings (SSSR count). The van der Waals surface area contributed by atoms with Crippen molar-refractivity contribution in [1.82, 2.24) is 10.2 Å². The van der Waals surface area contributed by atoms with E-state index in [2.05, 4.69) is 5.32 Å². The van der Waals surface area contributed by atoms with Crippen LogP contribution in [-0.4, -0.2) is 50.0 Å². The first kappa shape index (κ1) is 16.2. The summed E-state index contributed by atoms with van der Waals surface area (Å²) in [5.74, 6) is 3.81. The van der Waals surface area contributed by atoms with Crippen molar-refractivity contribution in [2.24, 2.45) is 5.92 Å². The van der Waals surface area contributed by atoms with Crippen LogP contribution in [0.5, 0.6) is 0 Å². The summed E-state index contributed by atoms with van der Waals surface area (Å²) in [5.41, 5.74) is 0. The predicted molar refractivity (Wildman–Crippen MR) is 84.4 cm³/mol. The summed E-state index contributed by atoms with van der Waals surface area (Å²) in [5, 5.41) is 2.87. The maximum absolute atomic E-state index is 11.9. The molecule has 5 nitrogen and oxygen atoms in total. The number of hydrogen-bond donors (Lipinski definition) is 1. The first-order chi connectivity index (χ1) is 10.3. The SMILES string of the molecule is COCCNC(=O)N1CCC(CSCc2ccco2)CC1. The predicted octanol–water partition coefficient (Wildman–Crippen LogP) is 2.58. The molecule has 0 atom stereocenters. The molecular weight excluding hydrogens is 288 g/mol. The molecular formula is C15H24N2O3S. The van der Waals surface area contributed by atoms with Gasteiger partial charge in [-0.2, -0.15) is 11.8 Å². The molecule has 0 bridgehead atoms. The number of methoxy groups -OCH3 is 1. The summed E-state index contributed by atoms with van der Waals surface area (Å²) in [4.78, 5) is 13.8. The van der Waals surface area contributed by atoms with E-state index in [9.17, 15) is 4.79 Å². The Hall–Kier alpha value is -1.14. The molecule has 21 heavy (non-hydrogen) atoms. The molecule has 2 heterocycles. The van der Waals surface area contributed by atoms with Crippen LogP contribution in [0.4, 0.5) is 4.79 Å². The van der Waals surface area contributed by atoms with Gasteiger partial charge in [-0.3, -0.25) is 0 Å². The van der Waals surface area contributed by atoms with Crippen LogP contribution in [0.1, 0.15) is 18.6 Å². The van der Waals surface area contributed by atoms with E-state index in [1.807, 2.05) is 28.8 Å². The van der Waals surface area contributed by atoms with Gasteiger partial charge in [0.25, 0.3) is 0 Å². The maximum atomic E-state index is 11.9. The zero-order valence-electron chi connectivity index (χ0n) is 12.5. The molecule has 1 aromatic heterocycles. The lowest BCUT2D eigenvalue weighted by Gasteiger charge is -2.31. The standard InChI is InChI=1S/C15H24N2O3S/c1-19-10-6-16-15(18)17-7-4-13(5-8-17)11-21-12-14-3-2-9-20-14/h2-3,9,13H,4-8,10-12H2,1H3,(H,16,18). The highest BCUT2D eigenvalue weighted by Gasteiger charge is 2.22. The number of carbonyl (C=O) groups is 1. The number of nitrogens with one attached hydrogen (secondary N) is 1. The molecule has 1 aliphatic heterocycles. The van der Waals surface area contributed by atoms with Crippen molar-refractivity contribution < 1.29 is 13.9 Å². The Balaban J connectivity index is 1.58. The summed E-state index contributed by atoms with van der Waals surface area (Å²) in [6.07, 6.45) is 3.89. The van der Waals surface area contributed by atoms with Crippen LogP contribution in [0.3, 0.4) is 0 Å². The highest BCUT2D eigenvalue weighted by molar-refractivity contribution is 7.98. The van der Waals surface area contributed by atoms with E-state index in [-0.39, 0.29) is 6.03 Å². The Morgan fingerprint density at radius 2 is 2.33 bits per heavy atom. The zero-order chi connectivity index (χ0) is 14.9. The Morgan fingerprint density at radius 3 is 3.00 bits per heavy atom. The number of ether oxygens (including phenoxy) is 1.